The maximum absolute atomic E-state index is 9.08. The van der Waals surface area contributed by atoms with Gasteiger partial charge in [0.25, 0.3) is 0 Å². The summed E-state index contributed by atoms with van der Waals surface area (Å²) in [6, 6.07) is 9.44. The molecular formula is C21H32N6. The van der Waals surface area contributed by atoms with Gasteiger partial charge in [-0.3, -0.25) is 9.80 Å². The van der Waals surface area contributed by atoms with Gasteiger partial charge in [-0.2, -0.15) is 21.0 Å². The van der Waals surface area contributed by atoms with E-state index in [-0.39, 0.29) is 17.5 Å². The topological polar surface area (TPSA) is 102 Å². The number of hydrogen-bond acceptors (Lipinski definition) is 6. The van der Waals surface area contributed by atoms with Crippen LogP contribution in [-0.4, -0.2) is 48.1 Å². The molecule has 0 aromatic carbocycles. The zero-order chi connectivity index (χ0) is 20.1. The Morgan fingerprint density at radius 1 is 0.741 bits per heavy atom. The van der Waals surface area contributed by atoms with Crippen molar-refractivity contribution in [3.05, 3.63) is 0 Å². The highest BCUT2D eigenvalue weighted by molar-refractivity contribution is 4.96. The molecule has 0 aromatic heterocycles. The summed E-state index contributed by atoms with van der Waals surface area (Å²) in [6.07, 6.45) is 6.10. The first-order chi connectivity index (χ1) is 13.0. The Labute approximate surface area is 164 Å². The molecule has 0 radical (unpaired) electrons. The van der Waals surface area contributed by atoms with E-state index in [1.54, 1.807) is 0 Å². The molecule has 2 atom stereocenters. The van der Waals surface area contributed by atoms with Gasteiger partial charge in [0, 0.05) is 63.9 Å². The molecular weight excluding hydrogens is 336 g/mol. The zero-order valence-electron chi connectivity index (χ0n) is 16.8. The number of hydrogen-bond donors (Lipinski definition) is 0. The summed E-state index contributed by atoms with van der Waals surface area (Å²) >= 11 is 0. The SMILES string of the molecule is CC1(C)CCCC(N(CCC#N)CCC#N)C(N(CCC#N)CCC#N)C1. The summed E-state index contributed by atoms with van der Waals surface area (Å²) in [5.41, 5.74) is 0.201. The van der Waals surface area contributed by atoms with E-state index < -0.39 is 0 Å². The van der Waals surface area contributed by atoms with Crippen LogP contribution in [-0.2, 0) is 0 Å². The molecule has 2 unspecified atom stereocenters. The second kappa shape index (κ2) is 12.3. The molecule has 1 saturated carbocycles. The number of rotatable bonds is 10. The predicted octanol–water partition coefficient (Wildman–Crippen LogP) is 3.58. The normalized spacial score (nSPS) is 21.6. The van der Waals surface area contributed by atoms with Crippen molar-refractivity contribution in [3.8, 4) is 24.3 Å². The Balaban J connectivity index is 3.15. The van der Waals surface area contributed by atoms with Crippen LogP contribution in [0.4, 0.5) is 0 Å². The third-order valence-electron chi connectivity index (χ3n) is 5.54. The minimum Gasteiger partial charge on any atom is -0.297 e. The second-order valence-electron chi connectivity index (χ2n) is 8.10. The Morgan fingerprint density at radius 2 is 1.15 bits per heavy atom. The third-order valence-corrected chi connectivity index (χ3v) is 5.54. The molecule has 0 aromatic rings. The second-order valence-corrected chi connectivity index (χ2v) is 8.10. The first-order valence-electron chi connectivity index (χ1n) is 9.95. The van der Waals surface area contributed by atoms with E-state index in [9.17, 15) is 0 Å². The molecule has 146 valence electrons. The Morgan fingerprint density at radius 3 is 1.56 bits per heavy atom. The van der Waals surface area contributed by atoms with Crippen molar-refractivity contribution >= 4 is 0 Å². The smallest absolute Gasteiger partial charge is 0.0635 e. The van der Waals surface area contributed by atoms with Crippen LogP contribution in [0.2, 0.25) is 0 Å². The van der Waals surface area contributed by atoms with Gasteiger partial charge in [-0.15, -0.1) is 0 Å². The Bertz CT molecular complexity index is 564. The van der Waals surface area contributed by atoms with Crippen LogP contribution in [0, 0.1) is 50.7 Å². The highest BCUT2D eigenvalue weighted by atomic mass is 15.2. The van der Waals surface area contributed by atoms with Crippen LogP contribution >= 0.6 is 0 Å². The predicted molar refractivity (Wildman–Crippen MR) is 104 cm³/mol. The van der Waals surface area contributed by atoms with Gasteiger partial charge in [0.05, 0.1) is 24.3 Å². The number of nitrogens with zero attached hydrogens (tertiary/aromatic N) is 6. The van der Waals surface area contributed by atoms with Crippen LogP contribution in [0.25, 0.3) is 0 Å². The summed E-state index contributed by atoms with van der Waals surface area (Å²) in [5.74, 6) is 0. The van der Waals surface area contributed by atoms with Gasteiger partial charge in [-0.1, -0.05) is 20.3 Å². The molecule has 6 heteroatoms. The van der Waals surface area contributed by atoms with E-state index in [1.165, 1.54) is 0 Å². The van der Waals surface area contributed by atoms with Crippen LogP contribution in [0.5, 0.6) is 0 Å². The van der Waals surface area contributed by atoms with E-state index in [2.05, 4.69) is 47.9 Å². The van der Waals surface area contributed by atoms with Crippen molar-refractivity contribution in [1.82, 2.24) is 9.80 Å². The summed E-state index contributed by atoms with van der Waals surface area (Å²) in [6.45, 7) is 7.27. The lowest BCUT2D eigenvalue weighted by Crippen LogP contribution is -2.53. The van der Waals surface area contributed by atoms with Gasteiger partial charge in [-0.25, -0.2) is 0 Å². The van der Waals surface area contributed by atoms with Gasteiger partial charge in [0.15, 0.2) is 0 Å². The van der Waals surface area contributed by atoms with Gasteiger partial charge in [-0.05, 0) is 24.7 Å². The fraction of sp³-hybridized carbons (Fsp3) is 0.810. The zero-order valence-corrected chi connectivity index (χ0v) is 16.8. The molecule has 0 spiro atoms. The number of nitriles is 4. The standard InChI is InChI=1S/C21H32N6/c1-21(2)9-3-8-19(26(14-4-10-22)15-5-11-23)20(18-21)27(16-6-12-24)17-7-13-25/h19-20H,3-9,14-18H2,1-2H3. The average Bonchev–Trinajstić information content (AvgIpc) is 2.80. The fourth-order valence-corrected chi connectivity index (χ4v) is 4.25. The molecule has 0 N–H and O–H groups in total. The van der Waals surface area contributed by atoms with Crippen molar-refractivity contribution < 1.29 is 0 Å². The maximum Gasteiger partial charge on any atom is 0.0635 e. The first-order valence-corrected chi connectivity index (χ1v) is 9.95. The van der Waals surface area contributed by atoms with Gasteiger partial charge in [0.2, 0.25) is 0 Å². The van der Waals surface area contributed by atoms with E-state index >= 15 is 0 Å². The van der Waals surface area contributed by atoms with Crippen molar-refractivity contribution in [1.29, 1.82) is 21.0 Å². The van der Waals surface area contributed by atoms with E-state index in [4.69, 9.17) is 21.0 Å². The summed E-state index contributed by atoms with van der Waals surface area (Å²) < 4.78 is 0. The maximum atomic E-state index is 9.08. The van der Waals surface area contributed by atoms with Gasteiger partial charge in [0.1, 0.15) is 0 Å². The van der Waals surface area contributed by atoms with E-state index in [0.717, 1.165) is 25.7 Å². The largest absolute Gasteiger partial charge is 0.297 e. The molecule has 0 amide bonds. The fourth-order valence-electron chi connectivity index (χ4n) is 4.25. The molecule has 1 aliphatic carbocycles. The highest BCUT2D eigenvalue weighted by Gasteiger charge is 2.38. The minimum absolute atomic E-state index is 0.201. The summed E-state index contributed by atoms with van der Waals surface area (Å²) in [5, 5.41) is 36.3. The Kier molecular flexibility index (Phi) is 10.4. The quantitative estimate of drug-likeness (QED) is 0.546. The first kappa shape index (κ1) is 22.9. The molecule has 1 aliphatic rings. The van der Waals surface area contributed by atoms with Crippen molar-refractivity contribution in [2.75, 3.05) is 26.2 Å². The molecule has 27 heavy (non-hydrogen) atoms. The molecule has 0 heterocycles. The lowest BCUT2D eigenvalue weighted by Gasteiger charge is -2.43. The summed E-state index contributed by atoms with van der Waals surface area (Å²) in [4.78, 5) is 4.63. The lowest BCUT2D eigenvalue weighted by atomic mass is 9.82. The van der Waals surface area contributed by atoms with Crippen molar-refractivity contribution in [2.45, 2.75) is 77.3 Å². The van der Waals surface area contributed by atoms with Gasteiger partial charge >= 0.3 is 0 Å². The van der Waals surface area contributed by atoms with Crippen LogP contribution in [0.3, 0.4) is 0 Å². The summed E-state index contributed by atoms with van der Waals surface area (Å²) in [7, 11) is 0. The van der Waals surface area contributed by atoms with Crippen molar-refractivity contribution in [3.63, 3.8) is 0 Å². The molecule has 0 aliphatic heterocycles. The molecule has 0 bridgehead atoms. The molecule has 0 saturated heterocycles. The highest BCUT2D eigenvalue weighted by Crippen LogP contribution is 2.38. The monoisotopic (exact) mass is 368 g/mol. The average molecular weight is 369 g/mol. The van der Waals surface area contributed by atoms with E-state index in [1.807, 2.05) is 0 Å². The van der Waals surface area contributed by atoms with E-state index in [0.29, 0.717) is 51.9 Å². The lowest BCUT2D eigenvalue weighted by molar-refractivity contribution is 0.0614. The van der Waals surface area contributed by atoms with Crippen LogP contribution in [0.1, 0.15) is 65.2 Å². The molecule has 1 rings (SSSR count). The molecule has 1 fully saturated rings. The van der Waals surface area contributed by atoms with Crippen molar-refractivity contribution in [2.24, 2.45) is 5.41 Å². The van der Waals surface area contributed by atoms with Gasteiger partial charge < -0.3 is 0 Å². The third kappa shape index (κ3) is 7.97. The van der Waals surface area contributed by atoms with Crippen LogP contribution in [0.15, 0.2) is 0 Å². The minimum atomic E-state index is 0.201. The Hall–Kier alpha value is -2.12. The molecule has 6 nitrogen and oxygen atoms in total. The van der Waals surface area contributed by atoms with Crippen LogP contribution < -0.4 is 0 Å².